The molecule has 2 aromatic heterocycles. The molecule has 2 aliphatic rings. The van der Waals surface area contributed by atoms with Gasteiger partial charge in [-0.1, -0.05) is 0 Å². The molecule has 2 aliphatic heterocycles. The molecule has 1 saturated heterocycles. The van der Waals surface area contributed by atoms with E-state index in [2.05, 4.69) is 23.2 Å². The summed E-state index contributed by atoms with van der Waals surface area (Å²) in [6.45, 7) is 1.96. The van der Waals surface area contributed by atoms with E-state index in [1.54, 1.807) is 11.3 Å². The van der Waals surface area contributed by atoms with Gasteiger partial charge in [0.25, 0.3) is 0 Å². The second-order valence-electron chi connectivity index (χ2n) is 6.14. The van der Waals surface area contributed by atoms with E-state index in [1.165, 1.54) is 11.3 Å². The predicted molar refractivity (Wildman–Crippen MR) is 92.6 cm³/mol. The molecule has 1 unspecified atom stereocenters. The first-order chi connectivity index (χ1) is 11.8. The highest BCUT2D eigenvalue weighted by atomic mass is 32.1. The minimum Gasteiger partial charge on any atom is -0.383 e. The summed E-state index contributed by atoms with van der Waals surface area (Å²) < 4.78 is 11.5. The largest absolute Gasteiger partial charge is 0.383 e. The third-order valence-electron chi connectivity index (χ3n) is 4.62. The molecule has 0 saturated carbocycles. The molecule has 6 heteroatoms. The van der Waals surface area contributed by atoms with Crippen LogP contribution in [0.5, 0.6) is 0 Å². The zero-order valence-electron chi connectivity index (χ0n) is 13.4. The van der Waals surface area contributed by atoms with Crippen molar-refractivity contribution < 1.29 is 9.47 Å². The lowest BCUT2D eigenvalue weighted by molar-refractivity contribution is 0.0172. The van der Waals surface area contributed by atoms with Crippen molar-refractivity contribution >= 4 is 17.2 Å². The van der Waals surface area contributed by atoms with Crippen molar-refractivity contribution in [3.8, 4) is 16.5 Å². The number of thiophene rings is 1. The number of rotatable bonds is 2. The molecule has 24 heavy (non-hydrogen) atoms. The molecule has 0 radical (unpaired) electrons. The van der Waals surface area contributed by atoms with Crippen LogP contribution in [0.15, 0.2) is 12.1 Å². The Morgan fingerprint density at radius 3 is 3.00 bits per heavy atom. The summed E-state index contributed by atoms with van der Waals surface area (Å²) in [5, 5.41) is 9.59. The lowest BCUT2D eigenvalue weighted by Crippen LogP contribution is -2.15. The van der Waals surface area contributed by atoms with Gasteiger partial charge in [-0.3, -0.25) is 0 Å². The van der Waals surface area contributed by atoms with Crippen molar-refractivity contribution in [2.45, 2.75) is 38.4 Å². The maximum Gasteiger partial charge on any atom is 0.142 e. The van der Waals surface area contributed by atoms with Crippen LogP contribution < -0.4 is 5.73 Å². The highest BCUT2D eigenvalue weighted by molar-refractivity contribution is 7.15. The van der Waals surface area contributed by atoms with Crippen LogP contribution in [0.1, 0.15) is 47.1 Å². The number of fused-ring (bicyclic) bond motifs is 1. The summed E-state index contributed by atoms with van der Waals surface area (Å²) in [5.74, 6) is 0.317. The van der Waals surface area contributed by atoms with E-state index >= 15 is 0 Å². The lowest BCUT2D eigenvalue weighted by atomic mass is 9.97. The molecular formula is C18H19N3O2S. The van der Waals surface area contributed by atoms with Gasteiger partial charge in [-0.05, 0) is 31.4 Å². The Morgan fingerprint density at radius 1 is 1.29 bits per heavy atom. The van der Waals surface area contributed by atoms with Gasteiger partial charge in [0, 0.05) is 33.9 Å². The number of pyridine rings is 1. The SMILES string of the molecule is N#Cc1c(N)nc2c(c1-c1ccc(C3CCCCO3)s1)COCC2. The molecule has 1 fully saturated rings. The minimum absolute atomic E-state index is 0.175. The molecule has 5 nitrogen and oxygen atoms in total. The fourth-order valence-corrected chi connectivity index (χ4v) is 4.58. The van der Waals surface area contributed by atoms with Crippen molar-refractivity contribution in [2.24, 2.45) is 0 Å². The van der Waals surface area contributed by atoms with Crippen LogP contribution in [0.2, 0.25) is 0 Å². The number of ether oxygens (including phenoxy) is 2. The van der Waals surface area contributed by atoms with Crippen molar-refractivity contribution in [1.82, 2.24) is 4.98 Å². The van der Waals surface area contributed by atoms with Gasteiger partial charge in [-0.2, -0.15) is 5.26 Å². The first-order valence-corrected chi connectivity index (χ1v) is 9.10. The van der Waals surface area contributed by atoms with Crippen molar-refractivity contribution in [3.05, 3.63) is 33.8 Å². The number of nitrogens with zero attached hydrogens (tertiary/aromatic N) is 2. The first kappa shape index (κ1) is 15.6. The van der Waals surface area contributed by atoms with Crippen LogP contribution in [-0.2, 0) is 22.5 Å². The molecule has 124 valence electrons. The van der Waals surface area contributed by atoms with Crippen LogP contribution in [0.3, 0.4) is 0 Å². The quantitative estimate of drug-likeness (QED) is 0.903. The highest BCUT2D eigenvalue weighted by Crippen LogP contribution is 2.41. The van der Waals surface area contributed by atoms with E-state index in [-0.39, 0.29) is 6.10 Å². The average molecular weight is 341 g/mol. The Kier molecular flexibility index (Phi) is 4.23. The van der Waals surface area contributed by atoms with Gasteiger partial charge in [0.15, 0.2) is 0 Å². The summed E-state index contributed by atoms with van der Waals surface area (Å²) in [6.07, 6.45) is 4.31. The predicted octanol–water partition coefficient (Wildman–Crippen LogP) is 3.58. The van der Waals surface area contributed by atoms with E-state index in [0.717, 1.165) is 47.6 Å². The van der Waals surface area contributed by atoms with E-state index in [9.17, 15) is 5.26 Å². The van der Waals surface area contributed by atoms with E-state index < -0.39 is 0 Å². The molecule has 0 spiro atoms. The average Bonchev–Trinajstić information content (AvgIpc) is 3.11. The van der Waals surface area contributed by atoms with E-state index in [4.69, 9.17) is 15.2 Å². The van der Waals surface area contributed by atoms with Crippen molar-refractivity contribution in [2.75, 3.05) is 18.9 Å². The Morgan fingerprint density at radius 2 is 2.21 bits per heavy atom. The van der Waals surface area contributed by atoms with Gasteiger partial charge in [-0.25, -0.2) is 4.98 Å². The van der Waals surface area contributed by atoms with Crippen LogP contribution >= 0.6 is 11.3 Å². The number of nitrogen functional groups attached to an aromatic ring is 1. The third kappa shape index (κ3) is 2.69. The molecule has 2 N–H and O–H groups in total. The maximum atomic E-state index is 9.59. The number of hydrogen-bond donors (Lipinski definition) is 1. The molecule has 4 heterocycles. The van der Waals surface area contributed by atoms with Gasteiger partial charge < -0.3 is 15.2 Å². The molecule has 1 atom stereocenters. The summed E-state index contributed by atoms with van der Waals surface area (Å²) >= 11 is 1.69. The van der Waals surface area contributed by atoms with Crippen molar-refractivity contribution in [1.29, 1.82) is 5.26 Å². The molecule has 4 rings (SSSR count). The Hall–Kier alpha value is -1.94. The van der Waals surface area contributed by atoms with Crippen molar-refractivity contribution in [3.63, 3.8) is 0 Å². The fourth-order valence-electron chi connectivity index (χ4n) is 3.41. The zero-order chi connectivity index (χ0) is 16.5. The van der Waals surface area contributed by atoms with E-state index in [1.807, 2.05) is 0 Å². The van der Waals surface area contributed by atoms with E-state index in [0.29, 0.717) is 24.6 Å². The molecule has 2 aromatic rings. The first-order valence-electron chi connectivity index (χ1n) is 8.28. The van der Waals surface area contributed by atoms with Gasteiger partial charge in [0.1, 0.15) is 17.5 Å². The fraction of sp³-hybridized carbons (Fsp3) is 0.444. The number of hydrogen-bond acceptors (Lipinski definition) is 6. The molecule has 0 aromatic carbocycles. The second-order valence-corrected chi connectivity index (χ2v) is 7.26. The molecule has 0 aliphatic carbocycles. The number of nitriles is 1. The van der Waals surface area contributed by atoms with Gasteiger partial charge in [0.2, 0.25) is 0 Å². The van der Waals surface area contributed by atoms with Crippen LogP contribution in [0.4, 0.5) is 5.82 Å². The standard InChI is InChI=1S/C18H19N3O2S/c19-9-11-17(12-10-22-8-6-13(12)21-18(11)20)16-5-4-15(24-16)14-3-1-2-7-23-14/h4-5,14H,1-3,6-8,10H2,(H2,20,21). The van der Waals surface area contributed by atoms with Crippen LogP contribution in [0, 0.1) is 11.3 Å². The number of aromatic nitrogens is 1. The summed E-state index contributed by atoms with van der Waals surface area (Å²) in [5.41, 5.74) is 9.36. The van der Waals surface area contributed by atoms with Gasteiger partial charge >= 0.3 is 0 Å². The highest BCUT2D eigenvalue weighted by Gasteiger charge is 2.25. The molecule has 0 bridgehead atoms. The maximum absolute atomic E-state index is 9.59. The summed E-state index contributed by atoms with van der Waals surface area (Å²) in [6, 6.07) is 6.42. The topological polar surface area (TPSA) is 81.2 Å². The Balaban J connectivity index is 1.80. The minimum atomic E-state index is 0.175. The molecular weight excluding hydrogens is 322 g/mol. The summed E-state index contributed by atoms with van der Waals surface area (Å²) in [4.78, 5) is 6.69. The monoisotopic (exact) mass is 341 g/mol. The van der Waals surface area contributed by atoms with Gasteiger partial charge in [0.05, 0.1) is 25.0 Å². The zero-order valence-corrected chi connectivity index (χ0v) is 14.2. The number of anilines is 1. The van der Waals surface area contributed by atoms with Gasteiger partial charge in [-0.15, -0.1) is 11.3 Å². The Labute approximate surface area is 145 Å². The summed E-state index contributed by atoms with van der Waals surface area (Å²) in [7, 11) is 0. The normalized spacial score (nSPS) is 20.4. The molecule has 0 amide bonds. The van der Waals surface area contributed by atoms with Crippen LogP contribution in [-0.4, -0.2) is 18.2 Å². The second kappa shape index (κ2) is 6.52. The number of nitrogens with two attached hydrogens (primary N) is 1. The van der Waals surface area contributed by atoms with Crippen LogP contribution in [0.25, 0.3) is 10.4 Å². The lowest BCUT2D eigenvalue weighted by Gasteiger charge is -2.22. The third-order valence-corrected chi connectivity index (χ3v) is 5.82. The Bertz CT molecular complexity index is 803. The smallest absolute Gasteiger partial charge is 0.142 e.